The lowest BCUT2D eigenvalue weighted by Crippen LogP contribution is -2.46. The molecule has 11 heteroatoms. The molecule has 0 bridgehead atoms. The first kappa shape index (κ1) is 27.3. The molecule has 4 N–H and O–H groups in total. The van der Waals surface area contributed by atoms with Gasteiger partial charge in [0.25, 0.3) is 5.91 Å². The first-order valence-electron chi connectivity index (χ1n) is 11.0. The van der Waals surface area contributed by atoms with Crippen molar-refractivity contribution in [2.45, 2.75) is 32.4 Å². The van der Waals surface area contributed by atoms with Gasteiger partial charge in [0.15, 0.2) is 6.61 Å². The van der Waals surface area contributed by atoms with E-state index in [9.17, 15) is 14.4 Å². The van der Waals surface area contributed by atoms with Crippen molar-refractivity contribution in [2.75, 3.05) is 32.5 Å². The first-order chi connectivity index (χ1) is 16.7. The molecule has 35 heavy (non-hydrogen) atoms. The summed E-state index contributed by atoms with van der Waals surface area (Å²) in [6.07, 6.45) is 4.64. The number of anilines is 1. The highest BCUT2D eigenvalue weighted by Crippen LogP contribution is 2.18. The van der Waals surface area contributed by atoms with E-state index in [1.165, 1.54) is 5.56 Å². The minimum atomic E-state index is -1.26. The average molecular weight is 486 g/mol. The van der Waals surface area contributed by atoms with Crippen LogP contribution in [0.1, 0.15) is 24.0 Å². The zero-order valence-electron chi connectivity index (χ0n) is 19.8. The zero-order valence-corrected chi connectivity index (χ0v) is 19.8. The molecule has 188 valence electrons. The quantitative estimate of drug-likeness (QED) is 0.469. The number of benzene rings is 1. The molecule has 0 atom stereocenters. The largest absolute Gasteiger partial charge is 0.478 e. The van der Waals surface area contributed by atoms with E-state index < -0.39 is 11.9 Å². The standard InChI is InChI=1S/C20H27N5O2.C4H4O4/c1-15-12-22-20(21)23-19(15)27-14-18(26)24(2)17-8-10-25(11-9-17)13-16-6-4-3-5-7-16;5-3(6)1-2-4(7)8/h3-7,12,17H,8-11,13-14H2,1-2H3,(H2,21,22,23);1-2H,(H,5,6)(H,7,8)/b;2-1-. The lowest BCUT2D eigenvalue weighted by molar-refractivity contribution is -0.135. The van der Waals surface area contributed by atoms with Crippen molar-refractivity contribution >= 4 is 23.8 Å². The van der Waals surface area contributed by atoms with Crippen LogP contribution in [0.5, 0.6) is 5.88 Å². The number of carbonyl (C=O) groups is 3. The molecule has 2 heterocycles. The number of ether oxygens (including phenoxy) is 1. The van der Waals surface area contributed by atoms with Crippen molar-refractivity contribution in [3.8, 4) is 5.88 Å². The molecular weight excluding hydrogens is 454 g/mol. The summed E-state index contributed by atoms with van der Waals surface area (Å²) in [5.74, 6) is -2.06. The molecule has 1 fully saturated rings. The Hall–Kier alpha value is -3.99. The Morgan fingerprint density at radius 3 is 2.31 bits per heavy atom. The number of piperidine rings is 1. The van der Waals surface area contributed by atoms with Gasteiger partial charge in [-0.2, -0.15) is 4.98 Å². The highest BCUT2D eigenvalue weighted by Gasteiger charge is 2.25. The SMILES string of the molecule is Cc1cnc(N)nc1OCC(=O)N(C)C1CCN(Cc2ccccc2)CC1.O=C(O)/C=C\C(=O)O. The van der Waals surface area contributed by atoms with Crippen LogP contribution in [-0.4, -0.2) is 80.6 Å². The molecule has 1 aliphatic heterocycles. The second kappa shape index (κ2) is 13.7. The van der Waals surface area contributed by atoms with E-state index in [4.69, 9.17) is 20.7 Å². The van der Waals surface area contributed by atoms with E-state index >= 15 is 0 Å². The number of nitrogens with two attached hydrogens (primary N) is 1. The molecule has 1 aromatic heterocycles. The van der Waals surface area contributed by atoms with Crippen molar-refractivity contribution in [3.05, 3.63) is 59.8 Å². The molecular formula is C24H31N5O6. The molecule has 11 nitrogen and oxygen atoms in total. The number of likely N-dealkylation sites (tertiary alicyclic amines) is 1. The van der Waals surface area contributed by atoms with Gasteiger partial charge in [-0.1, -0.05) is 30.3 Å². The molecule has 0 radical (unpaired) electrons. The van der Waals surface area contributed by atoms with Crippen LogP contribution in [-0.2, 0) is 20.9 Å². The lowest BCUT2D eigenvalue weighted by atomic mass is 10.0. The van der Waals surface area contributed by atoms with E-state index in [-0.39, 0.29) is 24.5 Å². The van der Waals surface area contributed by atoms with Gasteiger partial charge < -0.3 is 25.6 Å². The second-order valence-electron chi connectivity index (χ2n) is 8.01. The van der Waals surface area contributed by atoms with Gasteiger partial charge in [-0.25, -0.2) is 14.6 Å². The maximum atomic E-state index is 12.5. The Labute approximate surface area is 203 Å². The summed E-state index contributed by atoms with van der Waals surface area (Å²) in [7, 11) is 1.85. The maximum Gasteiger partial charge on any atom is 0.328 e. The summed E-state index contributed by atoms with van der Waals surface area (Å²) >= 11 is 0. The molecule has 0 saturated carbocycles. The molecule has 1 aromatic carbocycles. The summed E-state index contributed by atoms with van der Waals surface area (Å²) in [4.78, 5) is 43.8. The van der Waals surface area contributed by atoms with Gasteiger partial charge >= 0.3 is 11.9 Å². The molecule has 2 aromatic rings. The number of aromatic nitrogens is 2. The monoisotopic (exact) mass is 485 g/mol. The number of carboxylic acid groups (broad SMARTS) is 2. The fourth-order valence-corrected chi connectivity index (χ4v) is 3.47. The van der Waals surface area contributed by atoms with Gasteiger partial charge in [-0.3, -0.25) is 9.69 Å². The fraction of sp³-hybridized carbons (Fsp3) is 0.375. The van der Waals surface area contributed by atoms with Gasteiger partial charge in [0.1, 0.15) is 0 Å². The fourth-order valence-electron chi connectivity index (χ4n) is 3.47. The Morgan fingerprint density at radius 1 is 1.14 bits per heavy atom. The predicted molar refractivity (Wildman–Crippen MR) is 129 cm³/mol. The molecule has 0 unspecified atom stereocenters. The highest BCUT2D eigenvalue weighted by molar-refractivity contribution is 5.89. The lowest BCUT2D eigenvalue weighted by Gasteiger charge is -2.36. The van der Waals surface area contributed by atoms with Gasteiger partial charge in [-0.05, 0) is 25.3 Å². The van der Waals surface area contributed by atoms with Crippen LogP contribution in [0.2, 0.25) is 0 Å². The molecule has 1 saturated heterocycles. The Bertz CT molecular complexity index is 1010. The van der Waals surface area contributed by atoms with Crippen LogP contribution in [0, 0.1) is 6.92 Å². The van der Waals surface area contributed by atoms with Gasteiger partial charge in [0, 0.05) is 56.6 Å². The number of likely N-dealkylation sites (N-methyl/N-ethyl adjacent to an activating group) is 1. The van der Waals surface area contributed by atoms with Crippen LogP contribution >= 0.6 is 0 Å². The smallest absolute Gasteiger partial charge is 0.328 e. The second-order valence-corrected chi connectivity index (χ2v) is 8.01. The van der Waals surface area contributed by atoms with E-state index in [2.05, 4.69) is 39.1 Å². The van der Waals surface area contributed by atoms with Crippen molar-refractivity contribution in [1.29, 1.82) is 0 Å². The third kappa shape index (κ3) is 9.80. The van der Waals surface area contributed by atoms with Gasteiger partial charge in [0.2, 0.25) is 11.8 Å². The first-order valence-corrected chi connectivity index (χ1v) is 11.0. The van der Waals surface area contributed by atoms with Crippen LogP contribution in [0.25, 0.3) is 0 Å². The summed E-state index contributed by atoms with van der Waals surface area (Å²) in [5, 5.41) is 15.6. The third-order valence-electron chi connectivity index (χ3n) is 5.39. The maximum absolute atomic E-state index is 12.5. The number of nitrogen functional groups attached to an aromatic ring is 1. The molecule has 0 spiro atoms. The van der Waals surface area contributed by atoms with Crippen LogP contribution in [0.15, 0.2) is 48.7 Å². The molecule has 1 aliphatic rings. The summed E-state index contributed by atoms with van der Waals surface area (Å²) in [5.41, 5.74) is 7.66. The Morgan fingerprint density at radius 2 is 1.74 bits per heavy atom. The van der Waals surface area contributed by atoms with Crippen molar-refractivity contribution in [3.63, 3.8) is 0 Å². The number of rotatable bonds is 8. The topological polar surface area (TPSA) is 159 Å². The number of aryl methyl sites for hydroxylation is 1. The third-order valence-corrected chi connectivity index (χ3v) is 5.39. The Balaban J connectivity index is 0.000000466. The van der Waals surface area contributed by atoms with Crippen LogP contribution in [0.3, 0.4) is 0 Å². The number of aliphatic carboxylic acids is 2. The van der Waals surface area contributed by atoms with Gasteiger partial charge in [0.05, 0.1) is 0 Å². The number of carboxylic acids is 2. The van der Waals surface area contributed by atoms with Crippen molar-refractivity contribution < 1.29 is 29.3 Å². The number of nitrogens with zero attached hydrogens (tertiary/aromatic N) is 4. The minimum Gasteiger partial charge on any atom is -0.478 e. The number of hydrogen-bond donors (Lipinski definition) is 3. The van der Waals surface area contributed by atoms with Crippen molar-refractivity contribution in [2.24, 2.45) is 0 Å². The van der Waals surface area contributed by atoms with E-state index in [0.717, 1.165) is 38.0 Å². The predicted octanol–water partition coefficient (Wildman–Crippen LogP) is 1.58. The molecule has 1 amide bonds. The average Bonchev–Trinajstić information content (AvgIpc) is 2.84. The van der Waals surface area contributed by atoms with Crippen LogP contribution in [0.4, 0.5) is 5.95 Å². The number of amides is 1. The van der Waals surface area contributed by atoms with E-state index in [1.807, 2.05) is 20.0 Å². The van der Waals surface area contributed by atoms with E-state index in [1.54, 1.807) is 11.1 Å². The van der Waals surface area contributed by atoms with Gasteiger partial charge in [-0.15, -0.1) is 0 Å². The summed E-state index contributed by atoms with van der Waals surface area (Å²) < 4.78 is 5.56. The summed E-state index contributed by atoms with van der Waals surface area (Å²) in [6.45, 7) is 4.71. The minimum absolute atomic E-state index is 0.0436. The van der Waals surface area contributed by atoms with Crippen LogP contribution < -0.4 is 10.5 Å². The zero-order chi connectivity index (χ0) is 25.8. The number of hydrogen-bond acceptors (Lipinski definition) is 8. The summed E-state index contributed by atoms with van der Waals surface area (Å²) in [6, 6.07) is 10.7. The highest BCUT2D eigenvalue weighted by atomic mass is 16.5. The number of carbonyl (C=O) groups excluding carboxylic acids is 1. The van der Waals surface area contributed by atoms with E-state index in [0.29, 0.717) is 18.0 Å². The normalized spacial score (nSPS) is 14.1. The molecule has 0 aliphatic carbocycles. The van der Waals surface area contributed by atoms with Crippen molar-refractivity contribution in [1.82, 2.24) is 19.8 Å². The molecule has 3 rings (SSSR count). The Kier molecular flexibility index (Phi) is 10.6.